The molecule has 0 spiro atoms. The predicted molar refractivity (Wildman–Crippen MR) is 121 cm³/mol. The fraction of sp³-hybridized carbons (Fsp3) is 0.250. The Hall–Kier alpha value is -3.05. The number of carbonyl (C=O) groups is 2. The highest BCUT2D eigenvalue weighted by atomic mass is 35.5. The number of ether oxygens (including phenoxy) is 1. The van der Waals surface area contributed by atoms with E-state index in [0.29, 0.717) is 22.8 Å². The highest BCUT2D eigenvalue weighted by molar-refractivity contribution is 6.31. The average molecular weight is 425 g/mol. The molecular formula is C24H25ClN2O3. The molecule has 0 saturated carbocycles. The molecule has 2 aromatic carbocycles. The van der Waals surface area contributed by atoms with Gasteiger partial charge < -0.3 is 14.6 Å². The first-order valence-corrected chi connectivity index (χ1v) is 10.1. The van der Waals surface area contributed by atoms with Gasteiger partial charge in [0.15, 0.2) is 5.78 Å². The van der Waals surface area contributed by atoms with E-state index in [9.17, 15) is 9.59 Å². The van der Waals surface area contributed by atoms with Gasteiger partial charge in [0.2, 0.25) is 5.91 Å². The molecular weight excluding hydrogens is 400 g/mol. The fourth-order valence-corrected chi connectivity index (χ4v) is 3.63. The molecule has 1 heterocycles. The number of halogens is 1. The van der Waals surface area contributed by atoms with E-state index in [4.69, 9.17) is 16.3 Å². The number of Topliss-reactive ketones (excluding diaryl/α,β-unsaturated/α-hetero) is 1. The predicted octanol–water partition coefficient (Wildman–Crippen LogP) is 5.67. The van der Waals surface area contributed by atoms with Gasteiger partial charge in [-0.2, -0.15) is 0 Å². The third-order valence-electron chi connectivity index (χ3n) is 5.24. The summed E-state index contributed by atoms with van der Waals surface area (Å²) in [6, 6.07) is 15.0. The van der Waals surface area contributed by atoms with Crippen molar-refractivity contribution in [2.24, 2.45) is 0 Å². The van der Waals surface area contributed by atoms with Crippen molar-refractivity contribution in [3.05, 3.63) is 70.4 Å². The molecule has 0 bridgehead atoms. The number of anilines is 1. The van der Waals surface area contributed by atoms with Crippen molar-refractivity contribution in [3.8, 4) is 17.0 Å². The minimum absolute atomic E-state index is 0.0000143. The summed E-state index contributed by atoms with van der Waals surface area (Å²) in [5, 5.41) is 3.54. The van der Waals surface area contributed by atoms with Crippen LogP contribution in [0.3, 0.4) is 0 Å². The Morgan fingerprint density at radius 1 is 1.10 bits per heavy atom. The van der Waals surface area contributed by atoms with Crippen LogP contribution < -0.4 is 10.1 Å². The summed E-state index contributed by atoms with van der Waals surface area (Å²) in [4.78, 5) is 24.7. The van der Waals surface area contributed by atoms with Crippen LogP contribution in [-0.2, 0) is 11.3 Å². The Morgan fingerprint density at radius 3 is 2.43 bits per heavy atom. The summed E-state index contributed by atoms with van der Waals surface area (Å²) in [6.45, 7) is 5.78. The standard InChI is InChI=1S/C24H25ClN2O3/c1-15-21(25)6-5-7-22(15)26-24(29)12-13-27-16(2)20(17(3)28)14-23(27)18-8-10-19(30-4)11-9-18/h5-11,14H,12-13H2,1-4H3,(H,26,29). The third kappa shape index (κ3) is 4.57. The van der Waals surface area contributed by atoms with Gasteiger partial charge in [-0.3, -0.25) is 9.59 Å². The van der Waals surface area contributed by atoms with E-state index in [1.54, 1.807) is 20.1 Å². The van der Waals surface area contributed by atoms with E-state index in [1.807, 2.05) is 60.9 Å². The van der Waals surface area contributed by atoms with Crippen LogP contribution in [0.25, 0.3) is 11.3 Å². The van der Waals surface area contributed by atoms with E-state index < -0.39 is 0 Å². The molecule has 156 valence electrons. The molecule has 0 aliphatic carbocycles. The first-order valence-electron chi connectivity index (χ1n) is 9.72. The largest absolute Gasteiger partial charge is 0.497 e. The molecule has 30 heavy (non-hydrogen) atoms. The second kappa shape index (κ2) is 9.18. The minimum atomic E-state index is -0.112. The van der Waals surface area contributed by atoms with Crippen LogP contribution in [0.5, 0.6) is 5.75 Å². The Labute approximate surface area is 181 Å². The number of hydrogen-bond donors (Lipinski definition) is 1. The highest BCUT2D eigenvalue weighted by Gasteiger charge is 2.17. The monoisotopic (exact) mass is 424 g/mol. The maximum Gasteiger partial charge on any atom is 0.226 e. The molecule has 0 fully saturated rings. The van der Waals surface area contributed by atoms with Crippen molar-refractivity contribution < 1.29 is 14.3 Å². The van der Waals surface area contributed by atoms with Gasteiger partial charge in [0, 0.05) is 40.6 Å². The van der Waals surface area contributed by atoms with Crippen molar-refractivity contribution >= 4 is 29.0 Å². The molecule has 1 aromatic heterocycles. The number of ketones is 1. The van der Waals surface area contributed by atoms with Crippen LogP contribution in [-0.4, -0.2) is 23.4 Å². The summed E-state index contributed by atoms with van der Waals surface area (Å²) in [5.41, 5.74) is 4.90. The molecule has 0 saturated heterocycles. The lowest BCUT2D eigenvalue weighted by molar-refractivity contribution is -0.116. The highest BCUT2D eigenvalue weighted by Crippen LogP contribution is 2.28. The Balaban J connectivity index is 1.84. The number of amides is 1. The number of rotatable bonds is 7. The fourth-order valence-electron chi connectivity index (χ4n) is 3.46. The van der Waals surface area contributed by atoms with Crippen molar-refractivity contribution in [1.82, 2.24) is 4.57 Å². The summed E-state index contributed by atoms with van der Waals surface area (Å²) >= 11 is 6.14. The molecule has 1 amide bonds. The van der Waals surface area contributed by atoms with Gasteiger partial charge in [-0.1, -0.05) is 17.7 Å². The number of carbonyl (C=O) groups excluding carboxylic acids is 2. The maximum atomic E-state index is 12.6. The molecule has 3 rings (SSSR count). The van der Waals surface area contributed by atoms with Crippen molar-refractivity contribution in [2.45, 2.75) is 33.7 Å². The summed E-state index contributed by atoms with van der Waals surface area (Å²) in [5.74, 6) is 0.648. The van der Waals surface area contributed by atoms with E-state index in [1.165, 1.54) is 0 Å². The van der Waals surface area contributed by atoms with E-state index in [0.717, 1.165) is 28.3 Å². The summed E-state index contributed by atoms with van der Waals surface area (Å²) in [6.07, 6.45) is 0.266. The average Bonchev–Trinajstić information content (AvgIpc) is 3.06. The molecule has 0 radical (unpaired) electrons. The SMILES string of the molecule is COc1ccc(-c2cc(C(C)=O)c(C)n2CCC(=O)Nc2cccc(Cl)c2C)cc1. The van der Waals surface area contributed by atoms with Crippen molar-refractivity contribution in [3.63, 3.8) is 0 Å². The first-order chi connectivity index (χ1) is 14.3. The zero-order valence-corrected chi connectivity index (χ0v) is 18.3. The number of aromatic nitrogens is 1. The van der Waals surface area contributed by atoms with Gasteiger partial charge in [0.05, 0.1) is 7.11 Å². The van der Waals surface area contributed by atoms with E-state index >= 15 is 0 Å². The first kappa shape index (κ1) is 21.7. The smallest absolute Gasteiger partial charge is 0.226 e. The van der Waals surface area contributed by atoms with Gasteiger partial charge in [-0.25, -0.2) is 0 Å². The van der Waals surface area contributed by atoms with Crippen molar-refractivity contribution in [1.29, 1.82) is 0 Å². The van der Waals surface area contributed by atoms with Gasteiger partial charge >= 0.3 is 0 Å². The second-order valence-electron chi connectivity index (χ2n) is 7.18. The normalized spacial score (nSPS) is 10.7. The van der Waals surface area contributed by atoms with E-state index in [-0.39, 0.29) is 18.1 Å². The topological polar surface area (TPSA) is 60.3 Å². The lowest BCUT2D eigenvalue weighted by Gasteiger charge is -2.14. The number of methoxy groups -OCH3 is 1. The molecule has 0 aliphatic heterocycles. The number of nitrogens with one attached hydrogen (secondary N) is 1. The van der Waals surface area contributed by atoms with Crippen LogP contribution in [0.15, 0.2) is 48.5 Å². The van der Waals surface area contributed by atoms with E-state index in [2.05, 4.69) is 5.32 Å². The van der Waals surface area contributed by atoms with Crippen LogP contribution in [0.4, 0.5) is 5.69 Å². The summed E-state index contributed by atoms with van der Waals surface area (Å²) < 4.78 is 7.25. The van der Waals surface area contributed by atoms with Crippen molar-refractivity contribution in [2.75, 3.05) is 12.4 Å². The van der Waals surface area contributed by atoms with Gasteiger partial charge in [-0.05, 0) is 74.4 Å². The number of benzene rings is 2. The minimum Gasteiger partial charge on any atom is -0.497 e. The summed E-state index contributed by atoms with van der Waals surface area (Å²) in [7, 11) is 1.62. The molecule has 6 heteroatoms. The van der Waals surface area contributed by atoms with Crippen LogP contribution in [0, 0.1) is 13.8 Å². The quantitative estimate of drug-likeness (QED) is 0.497. The number of nitrogens with zero attached hydrogens (tertiary/aromatic N) is 1. The Bertz CT molecular complexity index is 1080. The molecule has 0 unspecified atom stereocenters. The number of hydrogen-bond acceptors (Lipinski definition) is 3. The molecule has 0 aliphatic rings. The van der Waals surface area contributed by atoms with Crippen LogP contribution >= 0.6 is 11.6 Å². The molecule has 1 N–H and O–H groups in total. The van der Waals surface area contributed by atoms with Crippen LogP contribution in [0.2, 0.25) is 5.02 Å². The maximum absolute atomic E-state index is 12.6. The third-order valence-corrected chi connectivity index (χ3v) is 5.65. The second-order valence-corrected chi connectivity index (χ2v) is 7.58. The molecule has 3 aromatic rings. The zero-order valence-electron chi connectivity index (χ0n) is 17.6. The lowest BCUT2D eigenvalue weighted by Crippen LogP contribution is -2.16. The van der Waals surface area contributed by atoms with Crippen LogP contribution in [0.1, 0.15) is 35.0 Å². The van der Waals surface area contributed by atoms with Gasteiger partial charge in [0.25, 0.3) is 0 Å². The van der Waals surface area contributed by atoms with Gasteiger partial charge in [0.1, 0.15) is 5.75 Å². The molecule has 0 atom stereocenters. The van der Waals surface area contributed by atoms with Gasteiger partial charge in [-0.15, -0.1) is 0 Å². The molecule has 5 nitrogen and oxygen atoms in total. The lowest BCUT2D eigenvalue weighted by atomic mass is 10.1. The Kier molecular flexibility index (Phi) is 6.63. The Morgan fingerprint density at radius 2 is 1.80 bits per heavy atom. The zero-order chi connectivity index (χ0) is 21.8.